The minimum atomic E-state index is -0.515. The molecule has 1 aliphatic heterocycles. The van der Waals surface area contributed by atoms with Crippen molar-refractivity contribution in [1.82, 2.24) is 9.80 Å². The maximum Gasteiger partial charge on any atom is 0.246 e. The van der Waals surface area contributed by atoms with Gasteiger partial charge in [0, 0.05) is 33.2 Å². The van der Waals surface area contributed by atoms with Crippen LogP contribution in [0.5, 0.6) is 17.2 Å². The van der Waals surface area contributed by atoms with E-state index in [1.807, 2.05) is 36.4 Å². The van der Waals surface area contributed by atoms with Crippen LogP contribution in [0, 0.1) is 0 Å². The van der Waals surface area contributed by atoms with Crippen molar-refractivity contribution in [3.63, 3.8) is 0 Å². The number of carbonyl (C=O) groups excluding carboxylic acids is 2. The second-order valence-electron chi connectivity index (χ2n) is 8.91. The molecule has 8 heteroatoms. The number of carbonyl (C=O) groups is 2. The van der Waals surface area contributed by atoms with Crippen LogP contribution in [0.15, 0.2) is 36.4 Å². The molecule has 0 spiro atoms. The number of hydrogen-bond donors (Lipinski definition) is 0. The zero-order valence-corrected chi connectivity index (χ0v) is 22.0. The highest BCUT2D eigenvalue weighted by Gasteiger charge is 2.36. The fraction of sp³-hybridized carbons (Fsp3) is 0.500. The molecule has 1 atom stereocenters. The molecule has 0 bridgehead atoms. The molecule has 0 aliphatic carbocycles. The van der Waals surface area contributed by atoms with E-state index in [0.29, 0.717) is 36.8 Å². The predicted molar refractivity (Wildman–Crippen MR) is 139 cm³/mol. The number of amides is 2. The third kappa shape index (κ3) is 6.49. The first kappa shape index (κ1) is 27.3. The lowest BCUT2D eigenvalue weighted by Crippen LogP contribution is -2.59. The molecule has 36 heavy (non-hydrogen) atoms. The molecule has 2 aromatic carbocycles. The number of methoxy groups -OCH3 is 3. The Balaban J connectivity index is 1.69. The van der Waals surface area contributed by atoms with Crippen molar-refractivity contribution < 1.29 is 28.5 Å². The number of hydrogen-bond acceptors (Lipinski definition) is 6. The van der Waals surface area contributed by atoms with E-state index in [-0.39, 0.29) is 18.4 Å². The zero-order chi connectivity index (χ0) is 26.1. The molecule has 1 aliphatic rings. The van der Waals surface area contributed by atoms with Crippen molar-refractivity contribution in [2.75, 3.05) is 54.7 Å². The summed E-state index contributed by atoms with van der Waals surface area (Å²) in [5, 5.41) is 0. The predicted octanol–water partition coefficient (Wildman–Crippen LogP) is 3.80. The van der Waals surface area contributed by atoms with Gasteiger partial charge in [0.1, 0.15) is 6.04 Å². The molecule has 2 amide bonds. The number of nitrogens with zero attached hydrogens (tertiary/aromatic N) is 2. The first-order valence-electron chi connectivity index (χ1n) is 12.4. The van der Waals surface area contributed by atoms with Crippen LogP contribution in [0.3, 0.4) is 0 Å². The lowest BCUT2D eigenvalue weighted by Gasteiger charge is -2.38. The number of unbranched alkanes of at least 4 members (excludes halogenated alkanes) is 1. The largest absolute Gasteiger partial charge is 0.493 e. The van der Waals surface area contributed by atoms with Gasteiger partial charge in [-0.2, -0.15) is 0 Å². The van der Waals surface area contributed by atoms with Crippen LogP contribution in [-0.2, 0) is 20.7 Å². The number of likely N-dealkylation sites (N-methyl/N-ethyl adjacent to an activating group) is 1. The Hall–Kier alpha value is -3.26. The van der Waals surface area contributed by atoms with Crippen molar-refractivity contribution in [2.45, 2.75) is 38.6 Å². The number of benzene rings is 2. The standard InChI is InChI=1S/C28H38N2O6/c1-6-7-14-36-15-8-13-30-19-26(31)29(2)23(28(30)32)16-20-9-11-21(12-10-20)22-17-24(33-3)27(35-5)25(18-22)34-4/h9-12,17-18,23H,6-8,13-16,19H2,1-5H3. The SMILES string of the molecule is CCCCOCCCN1CC(=O)N(C)C(Cc2ccc(-c3cc(OC)c(OC)c(OC)c3)cc2)C1=O. The Labute approximate surface area is 214 Å². The van der Waals surface area contributed by atoms with Crippen molar-refractivity contribution in [1.29, 1.82) is 0 Å². The van der Waals surface area contributed by atoms with Gasteiger partial charge in [0.2, 0.25) is 17.6 Å². The summed E-state index contributed by atoms with van der Waals surface area (Å²) in [7, 11) is 6.46. The van der Waals surface area contributed by atoms with E-state index in [9.17, 15) is 9.59 Å². The highest BCUT2D eigenvalue weighted by molar-refractivity contribution is 5.95. The Morgan fingerprint density at radius 2 is 1.53 bits per heavy atom. The highest BCUT2D eigenvalue weighted by Crippen LogP contribution is 2.41. The molecule has 1 heterocycles. The summed E-state index contributed by atoms with van der Waals surface area (Å²) in [4.78, 5) is 29.0. The van der Waals surface area contributed by atoms with Gasteiger partial charge >= 0.3 is 0 Å². The summed E-state index contributed by atoms with van der Waals surface area (Å²) < 4.78 is 22.0. The van der Waals surface area contributed by atoms with Crippen molar-refractivity contribution in [2.24, 2.45) is 0 Å². The zero-order valence-electron chi connectivity index (χ0n) is 22.0. The van der Waals surface area contributed by atoms with Gasteiger partial charge in [-0.05, 0) is 41.7 Å². The normalized spacial score (nSPS) is 15.9. The molecule has 0 radical (unpaired) electrons. The van der Waals surface area contributed by atoms with Crippen molar-refractivity contribution >= 4 is 11.8 Å². The minimum Gasteiger partial charge on any atom is -0.493 e. The van der Waals surface area contributed by atoms with Crippen LogP contribution in [0.1, 0.15) is 31.7 Å². The van der Waals surface area contributed by atoms with E-state index in [4.69, 9.17) is 18.9 Å². The first-order valence-corrected chi connectivity index (χ1v) is 12.4. The van der Waals surface area contributed by atoms with Gasteiger partial charge in [0.05, 0.1) is 27.9 Å². The molecule has 196 valence electrons. The molecule has 8 nitrogen and oxygen atoms in total. The Morgan fingerprint density at radius 3 is 2.11 bits per heavy atom. The Morgan fingerprint density at radius 1 is 0.889 bits per heavy atom. The summed E-state index contributed by atoms with van der Waals surface area (Å²) in [5.41, 5.74) is 2.88. The van der Waals surface area contributed by atoms with E-state index in [1.54, 1.807) is 38.2 Å². The quantitative estimate of drug-likeness (QED) is 0.391. The molecule has 3 rings (SSSR count). The van der Waals surface area contributed by atoms with E-state index < -0.39 is 6.04 Å². The fourth-order valence-electron chi connectivity index (χ4n) is 4.33. The smallest absolute Gasteiger partial charge is 0.246 e. The summed E-state index contributed by atoms with van der Waals surface area (Å²) in [6, 6.07) is 11.3. The Bertz CT molecular complexity index is 998. The van der Waals surface area contributed by atoms with Crippen molar-refractivity contribution in [3.05, 3.63) is 42.0 Å². The van der Waals surface area contributed by atoms with Crippen LogP contribution in [0.4, 0.5) is 0 Å². The van der Waals surface area contributed by atoms with Crippen LogP contribution in [0.25, 0.3) is 11.1 Å². The molecule has 0 saturated carbocycles. The first-order chi connectivity index (χ1) is 17.4. The molecule has 0 aromatic heterocycles. The van der Waals surface area contributed by atoms with E-state index in [0.717, 1.165) is 42.6 Å². The molecule has 1 unspecified atom stereocenters. The van der Waals surface area contributed by atoms with E-state index in [2.05, 4.69) is 6.92 Å². The van der Waals surface area contributed by atoms with Gasteiger partial charge in [-0.3, -0.25) is 9.59 Å². The average molecular weight is 499 g/mol. The minimum absolute atomic E-state index is 0.0145. The second-order valence-corrected chi connectivity index (χ2v) is 8.91. The summed E-state index contributed by atoms with van der Waals surface area (Å²) in [5.74, 6) is 1.65. The molecule has 1 fully saturated rings. The molecular weight excluding hydrogens is 460 g/mol. The number of rotatable bonds is 13. The third-order valence-electron chi connectivity index (χ3n) is 6.52. The van der Waals surface area contributed by atoms with Crippen LogP contribution < -0.4 is 14.2 Å². The monoisotopic (exact) mass is 498 g/mol. The molecule has 0 N–H and O–H groups in total. The van der Waals surface area contributed by atoms with Gasteiger partial charge in [-0.15, -0.1) is 0 Å². The number of ether oxygens (including phenoxy) is 4. The van der Waals surface area contributed by atoms with Gasteiger partial charge in [-0.25, -0.2) is 0 Å². The van der Waals surface area contributed by atoms with Gasteiger partial charge in [0.15, 0.2) is 11.5 Å². The van der Waals surface area contributed by atoms with E-state index in [1.165, 1.54) is 0 Å². The third-order valence-corrected chi connectivity index (χ3v) is 6.52. The van der Waals surface area contributed by atoms with Crippen LogP contribution in [0.2, 0.25) is 0 Å². The van der Waals surface area contributed by atoms with Gasteiger partial charge in [-0.1, -0.05) is 37.6 Å². The topological polar surface area (TPSA) is 77.5 Å². The van der Waals surface area contributed by atoms with Crippen LogP contribution >= 0.6 is 0 Å². The van der Waals surface area contributed by atoms with Gasteiger partial charge in [0.25, 0.3) is 0 Å². The molecule has 2 aromatic rings. The number of piperazine rings is 1. The maximum absolute atomic E-state index is 13.2. The molecular formula is C28H38N2O6. The lowest BCUT2D eigenvalue weighted by molar-refractivity contribution is -0.154. The summed E-state index contributed by atoms with van der Waals surface area (Å²) in [6.07, 6.45) is 3.31. The summed E-state index contributed by atoms with van der Waals surface area (Å²) >= 11 is 0. The molecule has 1 saturated heterocycles. The van der Waals surface area contributed by atoms with Gasteiger partial charge < -0.3 is 28.7 Å². The average Bonchev–Trinajstić information content (AvgIpc) is 2.90. The second kappa shape index (κ2) is 13.2. The van der Waals surface area contributed by atoms with Crippen LogP contribution in [-0.4, -0.2) is 82.3 Å². The summed E-state index contributed by atoms with van der Waals surface area (Å²) in [6.45, 7) is 4.11. The maximum atomic E-state index is 13.2. The lowest BCUT2D eigenvalue weighted by atomic mass is 9.98. The fourth-order valence-corrected chi connectivity index (χ4v) is 4.33. The Kier molecular flexibility index (Phi) is 9.99. The highest BCUT2D eigenvalue weighted by atomic mass is 16.5. The van der Waals surface area contributed by atoms with Crippen molar-refractivity contribution in [3.8, 4) is 28.4 Å². The van der Waals surface area contributed by atoms with E-state index >= 15 is 0 Å².